The predicted octanol–water partition coefficient (Wildman–Crippen LogP) is 6.52. The summed E-state index contributed by atoms with van der Waals surface area (Å²) in [6.07, 6.45) is 25.0. The molecule has 7 nitrogen and oxygen atoms in total. The Morgan fingerprint density at radius 1 is 0.848 bits per heavy atom. The van der Waals surface area contributed by atoms with Crippen molar-refractivity contribution < 1.29 is 40.7 Å². The molecule has 250 valence electrons. The Morgan fingerprint density at radius 3 is 2.04 bits per heavy atom. The summed E-state index contributed by atoms with van der Waals surface area (Å²) in [5.74, 6) is 1.97. The van der Waals surface area contributed by atoms with Gasteiger partial charge in [-0.2, -0.15) is 12.6 Å². The third kappa shape index (κ3) is 14.9. The smallest absolute Gasteiger partial charge is 0.445 e. The predicted molar refractivity (Wildman–Crippen MR) is 185 cm³/mol. The Balaban J connectivity index is 0.00000112. The van der Waals surface area contributed by atoms with Gasteiger partial charge in [0.05, 0.1) is 17.2 Å². The zero-order valence-corrected chi connectivity index (χ0v) is 29.8. The van der Waals surface area contributed by atoms with Gasteiger partial charge in [-0.3, -0.25) is 4.79 Å². The van der Waals surface area contributed by atoms with Gasteiger partial charge < -0.3 is 24.7 Å². The van der Waals surface area contributed by atoms with Crippen LogP contribution in [0.15, 0.2) is 24.3 Å². The number of rotatable bonds is 16. The first kappa shape index (κ1) is 41.0. The SMILES string of the molecule is CC1(C)OB(c2cccc(COC(=O)N[C]3[CH][CH][C](CNC(=O)CCCCCCCCCCS)[CH]3)c2)OC1(C)C.[CH]1[CH][CH][CH][CH]1.[Fe+2]. The van der Waals surface area contributed by atoms with Crippen LogP contribution in [0.3, 0.4) is 0 Å². The quantitative estimate of drug-likeness (QED) is 0.105. The zero-order chi connectivity index (χ0) is 32.5. The summed E-state index contributed by atoms with van der Waals surface area (Å²) < 4.78 is 17.7. The van der Waals surface area contributed by atoms with Gasteiger partial charge >= 0.3 is 30.3 Å². The maximum Gasteiger partial charge on any atom is 2.00 e. The molecule has 1 heterocycles. The molecule has 1 aliphatic heterocycles. The van der Waals surface area contributed by atoms with Crippen LogP contribution in [0.25, 0.3) is 0 Å². The van der Waals surface area contributed by atoms with E-state index in [9.17, 15) is 9.59 Å². The molecular formula is C36H51BFeN2O5S+2. The summed E-state index contributed by atoms with van der Waals surface area (Å²) >= 11 is 4.24. The van der Waals surface area contributed by atoms with Crippen molar-refractivity contribution in [3.63, 3.8) is 0 Å². The van der Waals surface area contributed by atoms with E-state index in [2.05, 4.69) is 23.3 Å². The van der Waals surface area contributed by atoms with Crippen molar-refractivity contribution >= 4 is 37.2 Å². The molecule has 0 bridgehead atoms. The van der Waals surface area contributed by atoms with Crippen molar-refractivity contribution in [1.29, 1.82) is 0 Å². The van der Waals surface area contributed by atoms with Crippen LogP contribution in [0, 0.1) is 63.3 Å². The summed E-state index contributed by atoms with van der Waals surface area (Å²) in [6, 6.07) is 8.32. The number of nitrogens with one attached hydrogen (secondary N) is 2. The maximum absolute atomic E-state index is 12.4. The zero-order valence-electron chi connectivity index (χ0n) is 27.8. The average molecular weight is 691 g/mol. The molecule has 1 aromatic rings. The molecule has 0 atom stereocenters. The summed E-state index contributed by atoms with van der Waals surface area (Å²) in [5.41, 5.74) is 0.892. The molecule has 4 rings (SSSR count). The monoisotopic (exact) mass is 690 g/mol. The molecule has 1 aromatic carbocycles. The van der Waals surface area contributed by atoms with E-state index in [0.717, 1.165) is 35.5 Å². The van der Waals surface area contributed by atoms with Crippen molar-refractivity contribution in [1.82, 2.24) is 10.6 Å². The maximum atomic E-state index is 12.4. The van der Waals surface area contributed by atoms with Gasteiger partial charge in [-0.05, 0) is 109 Å². The molecule has 0 unspecified atom stereocenters. The van der Waals surface area contributed by atoms with Gasteiger partial charge in [-0.1, -0.05) is 62.8 Å². The van der Waals surface area contributed by atoms with Crippen LogP contribution in [0.4, 0.5) is 4.79 Å². The number of ether oxygens (including phenoxy) is 1. The Bertz CT molecular complexity index is 1000. The molecule has 2 aliphatic carbocycles. The molecule has 0 spiro atoms. The molecule has 3 fully saturated rings. The number of unbranched alkanes of at least 4 members (excludes halogenated alkanes) is 7. The third-order valence-electron chi connectivity index (χ3n) is 8.27. The van der Waals surface area contributed by atoms with Crippen LogP contribution in [0.1, 0.15) is 91.0 Å². The second-order valence-electron chi connectivity index (χ2n) is 12.6. The van der Waals surface area contributed by atoms with Crippen LogP contribution >= 0.6 is 12.6 Å². The van der Waals surface area contributed by atoms with Crippen LogP contribution < -0.4 is 16.1 Å². The molecule has 0 aromatic heterocycles. The summed E-state index contributed by atoms with van der Waals surface area (Å²) in [5, 5.41) is 5.72. The van der Waals surface area contributed by atoms with E-state index in [1.165, 1.54) is 38.5 Å². The minimum absolute atomic E-state index is 0. The van der Waals surface area contributed by atoms with Gasteiger partial charge in [0.1, 0.15) is 6.61 Å². The molecule has 3 aliphatic rings. The van der Waals surface area contributed by atoms with Gasteiger partial charge in [0.2, 0.25) is 5.91 Å². The standard InChI is InChI=1S/C31H46BN2O5S.C5H5.Fe/c1-30(2)31(3,4)39-32(38-30)26-15-13-14-25(20-26)23-37-29(36)34-27-18-17-24(21-27)22-33-28(35)16-11-9-7-5-6-8-10-12-19-40;1-2-4-5-3-1;/h13-15,17-18,20-21,40H,5-12,16,19,22-23H2,1-4H3,(H,33,35)(H,34,36);1-5H;/q;;+2. The van der Waals surface area contributed by atoms with Crippen molar-refractivity contribution in [2.45, 2.75) is 103 Å². The molecule has 2 saturated carbocycles. The van der Waals surface area contributed by atoms with Gasteiger partial charge in [-0.15, -0.1) is 0 Å². The molecule has 10 heteroatoms. The minimum Gasteiger partial charge on any atom is -0.445 e. The summed E-state index contributed by atoms with van der Waals surface area (Å²) in [4.78, 5) is 24.6. The Kier molecular flexibility index (Phi) is 19.3. The fourth-order valence-corrected chi connectivity index (χ4v) is 5.08. The van der Waals surface area contributed by atoms with Gasteiger partial charge in [0.25, 0.3) is 0 Å². The first-order valence-electron chi connectivity index (χ1n) is 16.3. The Labute approximate surface area is 296 Å². The molecule has 1 saturated heterocycles. The van der Waals surface area contributed by atoms with Crippen molar-refractivity contribution in [2.75, 3.05) is 12.3 Å². The van der Waals surface area contributed by atoms with Crippen molar-refractivity contribution in [3.8, 4) is 0 Å². The van der Waals surface area contributed by atoms with E-state index in [-0.39, 0.29) is 29.6 Å². The largest absolute Gasteiger partial charge is 2.00 e. The van der Waals surface area contributed by atoms with E-state index in [4.69, 9.17) is 14.0 Å². The molecule has 2 amide bonds. The topological polar surface area (TPSA) is 85.9 Å². The fourth-order valence-electron chi connectivity index (χ4n) is 4.86. The number of carbonyl (C=O) groups is 2. The normalized spacial score (nSPS) is 18.8. The summed E-state index contributed by atoms with van der Waals surface area (Å²) in [7, 11) is -0.468. The van der Waals surface area contributed by atoms with Gasteiger partial charge in [0, 0.05) is 18.9 Å². The van der Waals surface area contributed by atoms with Crippen LogP contribution in [0.5, 0.6) is 0 Å². The number of hydrogen-bond acceptors (Lipinski definition) is 6. The number of thiol groups is 1. The number of hydrogen-bond donors (Lipinski definition) is 3. The van der Waals surface area contributed by atoms with Crippen LogP contribution in [0.2, 0.25) is 0 Å². The van der Waals surface area contributed by atoms with E-state index in [1.807, 2.05) is 96.9 Å². The minimum atomic E-state index is -0.538. The number of carbonyl (C=O) groups excluding carboxylic acids is 2. The van der Waals surface area contributed by atoms with Gasteiger partial charge in [-0.25, -0.2) is 4.79 Å². The Morgan fingerprint density at radius 2 is 1.43 bits per heavy atom. The van der Waals surface area contributed by atoms with Gasteiger partial charge in [0.15, 0.2) is 0 Å². The first-order valence-corrected chi connectivity index (χ1v) is 16.9. The van der Waals surface area contributed by atoms with Crippen LogP contribution in [-0.4, -0.2) is 42.6 Å². The second kappa shape index (κ2) is 21.7. The van der Waals surface area contributed by atoms with E-state index >= 15 is 0 Å². The fraction of sp³-hybridized carbons (Fsp3) is 0.500. The number of alkyl carbamates (subject to hydrolysis) is 1. The average Bonchev–Trinajstić information content (AvgIpc) is 3.77. The number of benzene rings is 1. The van der Waals surface area contributed by atoms with E-state index in [1.54, 1.807) is 6.42 Å². The summed E-state index contributed by atoms with van der Waals surface area (Å²) in [6.45, 7) is 8.63. The van der Waals surface area contributed by atoms with Crippen molar-refractivity contribution in [2.24, 2.45) is 0 Å². The van der Waals surface area contributed by atoms with E-state index < -0.39 is 24.4 Å². The van der Waals surface area contributed by atoms with Crippen LogP contribution in [-0.2, 0) is 42.5 Å². The molecule has 46 heavy (non-hydrogen) atoms. The molecule has 10 radical (unpaired) electrons. The van der Waals surface area contributed by atoms with Crippen molar-refractivity contribution in [3.05, 3.63) is 93.2 Å². The second-order valence-corrected chi connectivity index (χ2v) is 13.0. The third-order valence-corrected chi connectivity index (χ3v) is 8.58. The van der Waals surface area contributed by atoms with E-state index in [0.29, 0.717) is 19.0 Å². The molecule has 2 N–H and O–H groups in total. The Hall–Kier alpha value is -1.19. The number of amides is 2. The molecular weight excluding hydrogens is 639 g/mol. The first-order chi connectivity index (χ1) is 21.6.